The third-order valence-electron chi connectivity index (χ3n) is 0.395. The average Bonchev–Trinajstić information content (AvgIpc) is 2.24. The second-order valence-corrected chi connectivity index (χ2v) is 0.881. The highest BCUT2D eigenvalue weighted by Gasteiger charge is 1.81. The van der Waals surface area contributed by atoms with Gasteiger partial charge in [-0.15, -0.1) is 0 Å². The molecule has 0 aliphatic heterocycles. The SMILES string of the molecule is CC.Cc1nnno1. The van der Waals surface area contributed by atoms with E-state index in [1.54, 1.807) is 6.92 Å². The lowest BCUT2D eigenvalue weighted by atomic mass is 10.8. The summed E-state index contributed by atoms with van der Waals surface area (Å²) in [5, 5.41) is 9.63. The van der Waals surface area contributed by atoms with Gasteiger partial charge in [-0.05, 0) is 5.21 Å². The number of hydrogen-bond acceptors (Lipinski definition) is 4. The first kappa shape index (κ1) is 7.07. The molecule has 0 radical (unpaired) electrons. The topological polar surface area (TPSA) is 51.8 Å². The maximum atomic E-state index is 4.36. The van der Waals surface area contributed by atoms with Crippen LogP contribution in [0.2, 0.25) is 0 Å². The molecule has 0 bridgehead atoms. The Morgan fingerprint density at radius 2 is 2.00 bits per heavy atom. The van der Waals surface area contributed by atoms with E-state index in [1.165, 1.54) is 0 Å². The molecule has 4 heteroatoms. The van der Waals surface area contributed by atoms with E-state index in [4.69, 9.17) is 0 Å². The van der Waals surface area contributed by atoms with Crippen LogP contribution in [0, 0.1) is 6.92 Å². The van der Waals surface area contributed by atoms with Gasteiger partial charge in [0.15, 0.2) is 0 Å². The van der Waals surface area contributed by atoms with Crippen molar-refractivity contribution in [1.29, 1.82) is 0 Å². The van der Waals surface area contributed by atoms with Gasteiger partial charge in [0.05, 0.1) is 5.27 Å². The third kappa shape index (κ3) is 2.28. The monoisotopic (exact) mass is 115 g/mol. The fourth-order valence-corrected chi connectivity index (χ4v) is 0.177. The zero-order chi connectivity index (χ0) is 6.41. The molecule has 1 aromatic rings. The lowest BCUT2D eigenvalue weighted by Gasteiger charge is -1.59. The molecule has 0 N–H and O–H groups in total. The molecule has 0 saturated heterocycles. The summed E-state index contributed by atoms with van der Waals surface area (Å²) in [7, 11) is 0. The maximum Gasteiger partial charge on any atom is 0.245 e. The number of aromatic nitrogens is 3. The Morgan fingerprint density at radius 3 is 2.12 bits per heavy atom. The van der Waals surface area contributed by atoms with E-state index >= 15 is 0 Å². The molecule has 0 fully saturated rings. The Labute approximate surface area is 47.9 Å². The van der Waals surface area contributed by atoms with Crippen LogP contribution < -0.4 is 0 Å². The summed E-state index contributed by atoms with van der Waals surface area (Å²) in [6.07, 6.45) is 0. The molecule has 1 rings (SSSR count). The van der Waals surface area contributed by atoms with Gasteiger partial charge >= 0.3 is 0 Å². The molecule has 0 aliphatic rings. The summed E-state index contributed by atoms with van der Waals surface area (Å²) in [5.41, 5.74) is 0. The minimum atomic E-state index is 0.495. The molecule has 0 atom stereocenters. The average molecular weight is 115 g/mol. The van der Waals surface area contributed by atoms with Crippen molar-refractivity contribution in [2.45, 2.75) is 20.8 Å². The van der Waals surface area contributed by atoms with Crippen LogP contribution in [0.4, 0.5) is 0 Å². The lowest BCUT2D eigenvalue weighted by molar-refractivity contribution is 0.373. The first-order valence-electron chi connectivity index (χ1n) is 2.51. The van der Waals surface area contributed by atoms with Gasteiger partial charge in [0.25, 0.3) is 0 Å². The van der Waals surface area contributed by atoms with Crippen LogP contribution in [0.5, 0.6) is 0 Å². The molecule has 0 saturated carbocycles. The van der Waals surface area contributed by atoms with E-state index in [0.717, 1.165) is 0 Å². The van der Waals surface area contributed by atoms with Gasteiger partial charge in [0, 0.05) is 6.92 Å². The fraction of sp³-hybridized carbons (Fsp3) is 0.750. The van der Waals surface area contributed by atoms with Crippen molar-refractivity contribution in [3.05, 3.63) is 5.89 Å². The zero-order valence-electron chi connectivity index (χ0n) is 5.25. The molecular formula is C4H9N3O. The van der Waals surface area contributed by atoms with Crippen molar-refractivity contribution >= 4 is 0 Å². The minimum Gasteiger partial charge on any atom is -0.321 e. The van der Waals surface area contributed by atoms with Crippen LogP contribution in [-0.4, -0.2) is 15.6 Å². The van der Waals surface area contributed by atoms with Crippen LogP contribution in [0.15, 0.2) is 4.52 Å². The molecule has 4 nitrogen and oxygen atoms in total. The number of aryl methyl sites for hydroxylation is 1. The van der Waals surface area contributed by atoms with Crippen molar-refractivity contribution in [2.24, 2.45) is 0 Å². The molecule has 0 spiro atoms. The molecule has 1 aromatic heterocycles. The summed E-state index contributed by atoms with van der Waals surface area (Å²) in [6, 6.07) is 0. The Bertz CT molecular complexity index is 115. The summed E-state index contributed by atoms with van der Waals surface area (Å²) < 4.78 is 4.36. The molecule has 0 unspecified atom stereocenters. The summed E-state index contributed by atoms with van der Waals surface area (Å²) in [5.74, 6) is 0.495. The molecule has 1 heterocycles. The van der Waals surface area contributed by atoms with Gasteiger partial charge in [0.1, 0.15) is 0 Å². The van der Waals surface area contributed by atoms with Crippen molar-refractivity contribution in [2.75, 3.05) is 0 Å². The van der Waals surface area contributed by atoms with E-state index in [2.05, 4.69) is 20.1 Å². The van der Waals surface area contributed by atoms with Gasteiger partial charge in [-0.3, -0.25) is 0 Å². The molecule has 8 heavy (non-hydrogen) atoms. The van der Waals surface area contributed by atoms with Crippen LogP contribution in [0.25, 0.3) is 0 Å². The predicted molar refractivity (Wildman–Crippen MR) is 28.2 cm³/mol. The highest BCUT2D eigenvalue weighted by atomic mass is 16.5. The minimum absolute atomic E-state index is 0.495. The van der Waals surface area contributed by atoms with E-state index in [0.29, 0.717) is 5.89 Å². The van der Waals surface area contributed by atoms with E-state index in [9.17, 15) is 0 Å². The largest absolute Gasteiger partial charge is 0.321 e. The zero-order valence-corrected chi connectivity index (χ0v) is 5.25. The third-order valence-corrected chi connectivity index (χ3v) is 0.395. The van der Waals surface area contributed by atoms with Crippen LogP contribution in [-0.2, 0) is 0 Å². The Balaban J connectivity index is 0.000000222. The van der Waals surface area contributed by atoms with Crippen molar-refractivity contribution < 1.29 is 4.52 Å². The van der Waals surface area contributed by atoms with Gasteiger partial charge < -0.3 is 4.52 Å². The molecule has 0 amide bonds. The number of rotatable bonds is 0. The molecule has 0 aromatic carbocycles. The van der Waals surface area contributed by atoms with Gasteiger partial charge in [0.2, 0.25) is 5.89 Å². The van der Waals surface area contributed by atoms with Crippen LogP contribution >= 0.6 is 0 Å². The maximum absolute atomic E-state index is 4.36. The standard InChI is InChI=1S/C2H3N3O.C2H6/c1-2-3-4-5-6-2;1-2/h1H3;1-2H3. The first-order chi connectivity index (χ1) is 3.89. The van der Waals surface area contributed by atoms with Gasteiger partial charge in [-0.1, -0.05) is 18.9 Å². The lowest BCUT2D eigenvalue weighted by Crippen LogP contribution is -1.66. The number of hydrogen-bond donors (Lipinski definition) is 0. The second kappa shape index (κ2) is 4.23. The quantitative estimate of drug-likeness (QED) is 0.501. The Kier molecular flexibility index (Phi) is 3.74. The van der Waals surface area contributed by atoms with E-state index in [1.807, 2.05) is 13.8 Å². The predicted octanol–water partition coefficient (Wildman–Crippen LogP) is 0.799. The van der Waals surface area contributed by atoms with E-state index < -0.39 is 0 Å². The van der Waals surface area contributed by atoms with Gasteiger partial charge in [-0.2, -0.15) is 0 Å². The van der Waals surface area contributed by atoms with Gasteiger partial charge in [-0.25, -0.2) is 0 Å². The van der Waals surface area contributed by atoms with Crippen LogP contribution in [0.3, 0.4) is 0 Å². The molecular weight excluding hydrogens is 106 g/mol. The highest BCUT2D eigenvalue weighted by Crippen LogP contribution is 1.77. The Morgan fingerprint density at radius 1 is 1.38 bits per heavy atom. The molecule has 46 valence electrons. The van der Waals surface area contributed by atoms with Crippen molar-refractivity contribution in [1.82, 2.24) is 15.6 Å². The first-order valence-corrected chi connectivity index (χ1v) is 2.51. The van der Waals surface area contributed by atoms with Crippen molar-refractivity contribution in [3.63, 3.8) is 0 Å². The number of nitrogens with zero attached hydrogens (tertiary/aromatic N) is 3. The summed E-state index contributed by atoms with van der Waals surface area (Å²) in [4.78, 5) is 0. The smallest absolute Gasteiger partial charge is 0.245 e. The van der Waals surface area contributed by atoms with E-state index in [-0.39, 0.29) is 0 Å². The highest BCUT2D eigenvalue weighted by molar-refractivity contribution is 4.55. The normalized spacial score (nSPS) is 7.38. The second-order valence-electron chi connectivity index (χ2n) is 0.881. The Hall–Kier alpha value is -0.930. The van der Waals surface area contributed by atoms with Crippen LogP contribution in [0.1, 0.15) is 19.7 Å². The summed E-state index contributed by atoms with van der Waals surface area (Å²) >= 11 is 0. The summed E-state index contributed by atoms with van der Waals surface area (Å²) in [6.45, 7) is 5.68. The molecule has 0 aliphatic carbocycles. The fourth-order valence-electron chi connectivity index (χ4n) is 0.177. The van der Waals surface area contributed by atoms with Crippen molar-refractivity contribution in [3.8, 4) is 0 Å².